The summed E-state index contributed by atoms with van der Waals surface area (Å²) in [7, 11) is 1.60. The summed E-state index contributed by atoms with van der Waals surface area (Å²) in [6.45, 7) is 2.58. The molecule has 0 aromatic heterocycles. The summed E-state index contributed by atoms with van der Waals surface area (Å²) in [5.74, 6) is 1.12. The van der Waals surface area contributed by atoms with Gasteiger partial charge in [-0.25, -0.2) is 4.39 Å². The molecule has 6 heteroatoms. The van der Waals surface area contributed by atoms with E-state index in [4.69, 9.17) is 14.2 Å². The summed E-state index contributed by atoms with van der Waals surface area (Å²) >= 11 is 0. The Kier molecular flexibility index (Phi) is 6.68. The summed E-state index contributed by atoms with van der Waals surface area (Å²) in [5, 5.41) is 2.58. The van der Waals surface area contributed by atoms with Crippen molar-refractivity contribution in [1.29, 1.82) is 0 Å². The summed E-state index contributed by atoms with van der Waals surface area (Å²) in [6.07, 6.45) is 0. The lowest BCUT2D eigenvalue weighted by Gasteiger charge is -2.14. The fourth-order valence-corrected chi connectivity index (χ4v) is 2.72. The zero-order valence-electron chi connectivity index (χ0n) is 16.3. The van der Waals surface area contributed by atoms with Gasteiger partial charge in [0.15, 0.2) is 0 Å². The van der Waals surface area contributed by atoms with E-state index >= 15 is 0 Å². The smallest absolute Gasteiger partial charge is 0.255 e. The number of para-hydroxylation sites is 1. The first kappa shape index (κ1) is 20.2. The summed E-state index contributed by atoms with van der Waals surface area (Å²) in [5.41, 5.74) is 1.22. The number of amides is 1. The Morgan fingerprint density at radius 2 is 1.69 bits per heavy atom. The number of anilines is 1. The van der Waals surface area contributed by atoms with Gasteiger partial charge in [0.05, 0.1) is 19.4 Å². The predicted octanol–water partition coefficient (Wildman–Crippen LogP) is 5.06. The molecule has 29 heavy (non-hydrogen) atoms. The summed E-state index contributed by atoms with van der Waals surface area (Å²) in [6, 6.07) is 18.3. The Morgan fingerprint density at radius 3 is 2.38 bits per heavy atom. The van der Waals surface area contributed by atoms with Gasteiger partial charge in [-0.3, -0.25) is 4.79 Å². The van der Waals surface area contributed by atoms with Gasteiger partial charge in [0, 0.05) is 11.1 Å². The summed E-state index contributed by atoms with van der Waals surface area (Å²) in [4.78, 5) is 12.6. The Balaban J connectivity index is 1.77. The van der Waals surface area contributed by atoms with Crippen molar-refractivity contribution in [3.05, 3.63) is 83.7 Å². The lowest BCUT2D eigenvalue weighted by Crippen LogP contribution is -2.14. The molecular weight excluding hydrogens is 373 g/mol. The van der Waals surface area contributed by atoms with Gasteiger partial charge in [0.25, 0.3) is 5.91 Å². The molecule has 3 aromatic carbocycles. The number of ether oxygens (including phenoxy) is 3. The van der Waals surface area contributed by atoms with Gasteiger partial charge in [-0.1, -0.05) is 12.1 Å². The number of hydrogen-bond acceptors (Lipinski definition) is 4. The zero-order chi connectivity index (χ0) is 20.6. The van der Waals surface area contributed by atoms with Crippen LogP contribution in [0.3, 0.4) is 0 Å². The molecule has 0 aliphatic rings. The van der Waals surface area contributed by atoms with E-state index in [9.17, 15) is 9.18 Å². The minimum absolute atomic E-state index is 0.127. The van der Waals surface area contributed by atoms with Crippen LogP contribution in [0.4, 0.5) is 10.1 Å². The molecule has 1 N–H and O–H groups in total. The molecule has 0 fully saturated rings. The van der Waals surface area contributed by atoms with Crippen LogP contribution in [0.1, 0.15) is 22.8 Å². The average Bonchev–Trinajstić information content (AvgIpc) is 2.75. The van der Waals surface area contributed by atoms with Gasteiger partial charge in [0.2, 0.25) is 0 Å². The van der Waals surface area contributed by atoms with Crippen molar-refractivity contribution in [3.63, 3.8) is 0 Å². The van der Waals surface area contributed by atoms with Crippen LogP contribution in [0.25, 0.3) is 0 Å². The first-order chi connectivity index (χ1) is 14.1. The van der Waals surface area contributed by atoms with Crippen LogP contribution in [0, 0.1) is 5.82 Å². The van der Waals surface area contributed by atoms with E-state index in [1.807, 2.05) is 6.92 Å². The summed E-state index contributed by atoms with van der Waals surface area (Å²) < 4.78 is 30.4. The lowest BCUT2D eigenvalue weighted by molar-refractivity contribution is 0.102. The van der Waals surface area contributed by atoms with Gasteiger partial charge in [-0.05, 0) is 61.5 Å². The molecule has 0 aliphatic heterocycles. The number of carbonyl (C=O) groups is 1. The minimum Gasteiger partial charge on any atom is -0.497 e. The van der Waals surface area contributed by atoms with Crippen LogP contribution in [0.2, 0.25) is 0 Å². The van der Waals surface area contributed by atoms with E-state index in [-0.39, 0.29) is 12.3 Å². The van der Waals surface area contributed by atoms with Crippen molar-refractivity contribution >= 4 is 11.6 Å². The van der Waals surface area contributed by atoms with Gasteiger partial charge in [0.1, 0.15) is 29.7 Å². The zero-order valence-corrected chi connectivity index (χ0v) is 16.3. The van der Waals surface area contributed by atoms with Crippen LogP contribution in [0.15, 0.2) is 66.7 Å². The Hall–Kier alpha value is -3.54. The van der Waals surface area contributed by atoms with Crippen molar-refractivity contribution in [2.24, 2.45) is 0 Å². The standard InChI is InChI=1S/C23H22FNO4/c1-3-28-22-13-8-16(23(26)25-21-7-5-4-6-20(21)24)14-17(22)15-29-19-11-9-18(27-2)10-12-19/h4-14H,3,15H2,1-2H3,(H,25,26). The monoisotopic (exact) mass is 395 g/mol. The third-order valence-electron chi connectivity index (χ3n) is 4.20. The van der Waals surface area contributed by atoms with Crippen molar-refractivity contribution in [1.82, 2.24) is 0 Å². The van der Waals surface area contributed by atoms with E-state index in [1.54, 1.807) is 61.7 Å². The highest BCUT2D eigenvalue weighted by Gasteiger charge is 2.13. The minimum atomic E-state index is -0.491. The van der Waals surface area contributed by atoms with Gasteiger partial charge >= 0.3 is 0 Å². The maximum absolute atomic E-state index is 13.8. The van der Waals surface area contributed by atoms with Gasteiger partial charge < -0.3 is 19.5 Å². The fraction of sp³-hybridized carbons (Fsp3) is 0.174. The number of methoxy groups -OCH3 is 1. The molecule has 3 rings (SSSR count). The second-order valence-corrected chi connectivity index (χ2v) is 6.15. The first-order valence-electron chi connectivity index (χ1n) is 9.19. The van der Waals surface area contributed by atoms with Crippen LogP contribution in [0.5, 0.6) is 17.2 Å². The maximum atomic E-state index is 13.8. The molecule has 5 nitrogen and oxygen atoms in total. The van der Waals surface area contributed by atoms with E-state index in [1.165, 1.54) is 12.1 Å². The molecule has 1 amide bonds. The Labute approximate surface area is 169 Å². The molecule has 0 saturated heterocycles. The van der Waals surface area contributed by atoms with E-state index in [0.29, 0.717) is 29.2 Å². The van der Waals surface area contributed by atoms with Crippen molar-refractivity contribution < 1.29 is 23.4 Å². The van der Waals surface area contributed by atoms with E-state index in [2.05, 4.69) is 5.32 Å². The molecule has 0 atom stereocenters. The highest BCUT2D eigenvalue weighted by Crippen LogP contribution is 2.24. The molecule has 0 aliphatic carbocycles. The van der Waals surface area contributed by atoms with Crippen molar-refractivity contribution in [2.75, 3.05) is 19.0 Å². The maximum Gasteiger partial charge on any atom is 0.255 e. The number of halogens is 1. The first-order valence-corrected chi connectivity index (χ1v) is 9.19. The quantitative estimate of drug-likeness (QED) is 0.579. The average molecular weight is 395 g/mol. The van der Waals surface area contributed by atoms with Crippen molar-refractivity contribution in [3.8, 4) is 17.2 Å². The van der Waals surface area contributed by atoms with Crippen molar-refractivity contribution in [2.45, 2.75) is 13.5 Å². The number of benzene rings is 3. The van der Waals surface area contributed by atoms with E-state index < -0.39 is 11.7 Å². The third-order valence-corrected chi connectivity index (χ3v) is 4.20. The molecule has 0 unspecified atom stereocenters. The number of carbonyl (C=O) groups excluding carboxylic acids is 1. The number of hydrogen-bond donors (Lipinski definition) is 1. The molecular formula is C23H22FNO4. The Morgan fingerprint density at radius 1 is 0.966 bits per heavy atom. The largest absolute Gasteiger partial charge is 0.497 e. The molecule has 3 aromatic rings. The molecule has 0 bridgehead atoms. The number of rotatable bonds is 8. The molecule has 0 saturated carbocycles. The SMILES string of the molecule is CCOc1ccc(C(=O)Nc2ccccc2F)cc1COc1ccc(OC)cc1. The Bertz CT molecular complexity index is 973. The van der Waals surface area contributed by atoms with E-state index in [0.717, 1.165) is 5.75 Å². The molecule has 0 spiro atoms. The van der Waals surface area contributed by atoms with Crippen LogP contribution in [-0.2, 0) is 6.61 Å². The van der Waals surface area contributed by atoms with Crippen LogP contribution in [-0.4, -0.2) is 19.6 Å². The van der Waals surface area contributed by atoms with Gasteiger partial charge in [-0.15, -0.1) is 0 Å². The normalized spacial score (nSPS) is 10.3. The third kappa shape index (κ3) is 5.25. The fourth-order valence-electron chi connectivity index (χ4n) is 2.72. The predicted molar refractivity (Wildman–Crippen MR) is 109 cm³/mol. The second-order valence-electron chi connectivity index (χ2n) is 6.15. The van der Waals surface area contributed by atoms with Crippen LogP contribution >= 0.6 is 0 Å². The highest BCUT2D eigenvalue weighted by molar-refractivity contribution is 6.04. The topological polar surface area (TPSA) is 56.8 Å². The molecule has 0 radical (unpaired) electrons. The highest BCUT2D eigenvalue weighted by atomic mass is 19.1. The second kappa shape index (κ2) is 9.59. The lowest BCUT2D eigenvalue weighted by atomic mass is 10.1. The molecule has 150 valence electrons. The van der Waals surface area contributed by atoms with Gasteiger partial charge in [-0.2, -0.15) is 0 Å². The molecule has 0 heterocycles. The van der Waals surface area contributed by atoms with Crippen LogP contribution < -0.4 is 19.5 Å². The number of nitrogens with one attached hydrogen (secondary N) is 1.